The maximum absolute atomic E-state index is 5.06. The maximum atomic E-state index is 5.06. The molecule has 1 aromatic rings. The van der Waals surface area contributed by atoms with E-state index in [4.69, 9.17) is 5.84 Å². The van der Waals surface area contributed by atoms with Gasteiger partial charge < -0.3 is 5.43 Å². The van der Waals surface area contributed by atoms with Crippen LogP contribution in [0.3, 0.4) is 0 Å². The molecule has 3 heteroatoms. The average molecular weight is 163 g/mol. The van der Waals surface area contributed by atoms with E-state index in [2.05, 4.69) is 23.4 Å². The fourth-order valence-electron chi connectivity index (χ4n) is 1.06. The quantitative estimate of drug-likeness (QED) is 0.300. The van der Waals surface area contributed by atoms with E-state index in [1.54, 1.807) is 0 Å². The molecular weight excluding hydrogens is 150 g/mol. The van der Waals surface area contributed by atoms with Crippen molar-refractivity contribution in [3.05, 3.63) is 29.3 Å². The third kappa shape index (κ3) is 2.07. The summed E-state index contributed by atoms with van der Waals surface area (Å²) in [5, 5.41) is 0. The van der Waals surface area contributed by atoms with E-state index in [9.17, 15) is 0 Å². The summed E-state index contributed by atoms with van der Waals surface area (Å²) in [6.07, 6.45) is 1.47. The number of hydrazine groups is 1. The standard InChI is InChI=1S/C9H13N3/c1-7-3-4-9(8(2)5-7)11-6-12-10/h3-6H,10H2,1-2H3,(H,11,12). The van der Waals surface area contributed by atoms with Crippen molar-refractivity contribution in [2.24, 2.45) is 10.8 Å². The molecule has 3 nitrogen and oxygen atoms in total. The van der Waals surface area contributed by atoms with E-state index in [0.717, 1.165) is 11.3 Å². The van der Waals surface area contributed by atoms with E-state index in [0.29, 0.717) is 0 Å². The Morgan fingerprint density at radius 1 is 1.42 bits per heavy atom. The molecule has 0 spiro atoms. The highest BCUT2D eigenvalue weighted by molar-refractivity contribution is 5.62. The summed E-state index contributed by atoms with van der Waals surface area (Å²) in [6, 6.07) is 6.08. The maximum Gasteiger partial charge on any atom is 0.103 e. The first-order valence-electron chi connectivity index (χ1n) is 3.80. The summed E-state index contributed by atoms with van der Waals surface area (Å²) in [4.78, 5) is 4.10. The summed E-state index contributed by atoms with van der Waals surface area (Å²) in [5.41, 5.74) is 5.71. The molecule has 0 aliphatic carbocycles. The predicted molar refractivity (Wildman–Crippen MR) is 51.4 cm³/mol. The molecule has 0 unspecified atom stereocenters. The molecule has 64 valence electrons. The Morgan fingerprint density at radius 2 is 2.17 bits per heavy atom. The molecule has 0 saturated heterocycles. The summed E-state index contributed by atoms with van der Waals surface area (Å²) < 4.78 is 0. The van der Waals surface area contributed by atoms with Crippen LogP contribution in [0.15, 0.2) is 23.2 Å². The molecule has 0 aromatic heterocycles. The van der Waals surface area contributed by atoms with Crippen molar-refractivity contribution < 1.29 is 0 Å². The van der Waals surface area contributed by atoms with Gasteiger partial charge in [0.05, 0.1) is 5.69 Å². The monoisotopic (exact) mass is 163 g/mol. The Kier molecular flexibility index (Phi) is 2.82. The number of benzene rings is 1. The van der Waals surface area contributed by atoms with Gasteiger partial charge in [-0.25, -0.2) is 10.8 Å². The summed E-state index contributed by atoms with van der Waals surface area (Å²) in [6.45, 7) is 4.08. The van der Waals surface area contributed by atoms with Crippen molar-refractivity contribution in [1.29, 1.82) is 0 Å². The SMILES string of the molecule is Cc1ccc(N=CNN)c(C)c1. The van der Waals surface area contributed by atoms with Gasteiger partial charge in [-0.05, 0) is 25.5 Å². The number of rotatable bonds is 2. The van der Waals surface area contributed by atoms with Crippen molar-refractivity contribution in [1.82, 2.24) is 5.43 Å². The third-order valence-corrected chi connectivity index (χ3v) is 1.63. The minimum atomic E-state index is 0.943. The van der Waals surface area contributed by atoms with E-state index in [-0.39, 0.29) is 0 Å². The molecule has 1 rings (SSSR count). The Labute approximate surface area is 72.3 Å². The van der Waals surface area contributed by atoms with Gasteiger partial charge in [0.1, 0.15) is 6.34 Å². The molecule has 0 radical (unpaired) electrons. The van der Waals surface area contributed by atoms with Crippen LogP contribution in [-0.2, 0) is 0 Å². The van der Waals surface area contributed by atoms with E-state index in [1.165, 1.54) is 11.9 Å². The zero-order valence-electron chi connectivity index (χ0n) is 7.33. The van der Waals surface area contributed by atoms with Gasteiger partial charge >= 0.3 is 0 Å². The van der Waals surface area contributed by atoms with Gasteiger partial charge in [-0.1, -0.05) is 17.7 Å². The molecule has 0 aliphatic heterocycles. The molecule has 12 heavy (non-hydrogen) atoms. The fourth-order valence-corrected chi connectivity index (χ4v) is 1.06. The van der Waals surface area contributed by atoms with Crippen molar-refractivity contribution in [2.75, 3.05) is 0 Å². The van der Waals surface area contributed by atoms with Crippen LogP contribution in [0.1, 0.15) is 11.1 Å². The highest BCUT2D eigenvalue weighted by Gasteiger charge is 1.93. The summed E-state index contributed by atoms with van der Waals surface area (Å²) in [7, 11) is 0. The topological polar surface area (TPSA) is 50.4 Å². The molecule has 0 heterocycles. The molecule has 0 amide bonds. The smallest absolute Gasteiger partial charge is 0.103 e. The largest absolute Gasteiger partial charge is 0.315 e. The van der Waals surface area contributed by atoms with Crippen LogP contribution in [-0.4, -0.2) is 6.34 Å². The van der Waals surface area contributed by atoms with Crippen LogP contribution < -0.4 is 11.3 Å². The highest BCUT2D eigenvalue weighted by Crippen LogP contribution is 2.18. The molecule has 3 N–H and O–H groups in total. The average Bonchev–Trinajstić information content (AvgIpc) is 2.03. The lowest BCUT2D eigenvalue weighted by Crippen LogP contribution is -2.18. The van der Waals surface area contributed by atoms with Crippen LogP contribution in [0.25, 0.3) is 0 Å². The molecule has 0 atom stereocenters. The number of nitrogens with one attached hydrogen (secondary N) is 1. The lowest BCUT2D eigenvalue weighted by molar-refractivity contribution is 1.05. The van der Waals surface area contributed by atoms with Gasteiger partial charge in [-0.2, -0.15) is 0 Å². The van der Waals surface area contributed by atoms with E-state index >= 15 is 0 Å². The minimum Gasteiger partial charge on any atom is -0.315 e. The van der Waals surface area contributed by atoms with Gasteiger partial charge in [0.25, 0.3) is 0 Å². The van der Waals surface area contributed by atoms with Crippen molar-refractivity contribution in [2.45, 2.75) is 13.8 Å². The van der Waals surface area contributed by atoms with Crippen LogP contribution in [0, 0.1) is 13.8 Å². The first kappa shape index (κ1) is 8.74. The van der Waals surface area contributed by atoms with Crippen molar-refractivity contribution in [3.8, 4) is 0 Å². The number of aryl methyl sites for hydroxylation is 2. The Hall–Kier alpha value is -1.35. The Morgan fingerprint density at radius 3 is 2.75 bits per heavy atom. The lowest BCUT2D eigenvalue weighted by Gasteiger charge is -2.00. The van der Waals surface area contributed by atoms with Crippen LogP contribution >= 0.6 is 0 Å². The van der Waals surface area contributed by atoms with E-state index < -0.39 is 0 Å². The van der Waals surface area contributed by atoms with Crippen molar-refractivity contribution >= 4 is 12.0 Å². The highest BCUT2D eigenvalue weighted by atomic mass is 15.2. The second-order valence-electron chi connectivity index (χ2n) is 2.71. The molecule has 0 saturated carbocycles. The number of nitrogens with zero attached hydrogens (tertiary/aromatic N) is 1. The normalized spacial score (nSPS) is 10.6. The third-order valence-electron chi connectivity index (χ3n) is 1.63. The van der Waals surface area contributed by atoms with Crippen LogP contribution in [0.4, 0.5) is 5.69 Å². The predicted octanol–water partition coefficient (Wildman–Crippen LogP) is 1.43. The molecule has 0 fully saturated rings. The lowest BCUT2D eigenvalue weighted by atomic mass is 10.1. The van der Waals surface area contributed by atoms with E-state index in [1.807, 2.05) is 19.1 Å². The zero-order chi connectivity index (χ0) is 8.97. The van der Waals surface area contributed by atoms with Gasteiger partial charge in [0.15, 0.2) is 0 Å². The first-order valence-corrected chi connectivity index (χ1v) is 3.80. The zero-order valence-corrected chi connectivity index (χ0v) is 7.33. The van der Waals surface area contributed by atoms with Crippen LogP contribution in [0.5, 0.6) is 0 Å². The number of aliphatic imine (C=N–C) groups is 1. The summed E-state index contributed by atoms with van der Waals surface area (Å²) in [5.74, 6) is 5.06. The Bertz CT molecular complexity index is 292. The molecule has 0 aliphatic rings. The number of hydrogen-bond donors (Lipinski definition) is 2. The number of hydrogen-bond acceptors (Lipinski definition) is 2. The Balaban J connectivity index is 2.94. The van der Waals surface area contributed by atoms with Crippen LogP contribution in [0.2, 0.25) is 0 Å². The molecular formula is C9H13N3. The van der Waals surface area contributed by atoms with Gasteiger partial charge in [-0.3, -0.25) is 0 Å². The summed E-state index contributed by atoms with van der Waals surface area (Å²) >= 11 is 0. The molecule has 1 aromatic carbocycles. The first-order chi connectivity index (χ1) is 5.74. The van der Waals surface area contributed by atoms with Gasteiger partial charge in [0, 0.05) is 0 Å². The second kappa shape index (κ2) is 3.88. The number of nitrogens with two attached hydrogens (primary N) is 1. The van der Waals surface area contributed by atoms with Crippen molar-refractivity contribution in [3.63, 3.8) is 0 Å². The second-order valence-corrected chi connectivity index (χ2v) is 2.71. The van der Waals surface area contributed by atoms with Gasteiger partial charge in [-0.15, -0.1) is 0 Å². The molecule has 0 bridgehead atoms. The minimum absolute atomic E-state index is 0.943. The fraction of sp³-hybridized carbons (Fsp3) is 0.222. The van der Waals surface area contributed by atoms with Gasteiger partial charge in [0.2, 0.25) is 0 Å².